The van der Waals surface area contributed by atoms with Gasteiger partial charge in [-0.2, -0.15) is 0 Å². The molecule has 5 rings (SSSR count). The van der Waals surface area contributed by atoms with Gasteiger partial charge in [-0.3, -0.25) is 4.79 Å². The van der Waals surface area contributed by atoms with E-state index in [2.05, 4.69) is 6.92 Å². The summed E-state index contributed by atoms with van der Waals surface area (Å²) in [6, 6.07) is 0. The van der Waals surface area contributed by atoms with E-state index in [1.165, 1.54) is 25.7 Å². The molecule has 0 spiro atoms. The van der Waals surface area contributed by atoms with Crippen LogP contribution in [0.15, 0.2) is 0 Å². The van der Waals surface area contributed by atoms with E-state index in [1.54, 1.807) is 13.8 Å². The van der Waals surface area contributed by atoms with Crippen LogP contribution in [0.5, 0.6) is 0 Å². The molecule has 140 valence electrons. The van der Waals surface area contributed by atoms with Crippen LogP contribution < -0.4 is 0 Å². The summed E-state index contributed by atoms with van der Waals surface area (Å²) in [6.45, 7) is 5.81. The smallest absolute Gasteiger partial charge is 0.143 e. The van der Waals surface area contributed by atoms with Gasteiger partial charge in [0, 0.05) is 11.8 Å². The van der Waals surface area contributed by atoms with Crippen LogP contribution in [-0.4, -0.2) is 22.2 Å². The second-order valence-corrected chi connectivity index (χ2v) is 10.6. The molecular weight excluding hydrogens is 315 g/mol. The largest absolute Gasteiger partial charge is 0.386 e. The first-order valence-electron chi connectivity index (χ1n) is 10.6. The molecule has 0 saturated heterocycles. The molecule has 0 heterocycles. The number of carbonyl (C=O) groups excluding carboxylic acids is 1. The zero-order valence-corrected chi connectivity index (χ0v) is 15.9. The van der Waals surface area contributed by atoms with Crippen molar-refractivity contribution in [3.05, 3.63) is 0 Å². The summed E-state index contributed by atoms with van der Waals surface area (Å²) in [6.07, 6.45) is 8.65. The summed E-state index contributed by atoms with van der Waals surface area (Å²) in [4.78, 5) is 12.2. The van der Waals surface area contributed by atoms with Crippen LogP contribution in [0.3, 0.4) is 0 Å². The van der Waals surface area contributed by atoms with Crippen molar-refractivity contribution < 1.29 is 14.3 Å². The van der Waals surface area contributed by atoms with Gasteiger partial charge >= 0.3 is 0 Å². The molecule has 10 unspecified atom stereocenters. The topological polar surface area (TPSA) is 37.3 Å². The average molecular weight is 349 g/mol. The highest BCUT2D eigenvalue weighted by Crippen LogP contribution is 2.72. The van der Waals surface area contributed by atoms with Gasteiger partial charge in [-0.05, 0) is 100 Å². The third kappa shape index (κ3) is 1.87. The van der Waals surface area contributed by atoms with Gasteiger partial charge in [-0.1, -0.05) is 6.92 Å². The Balaban J connectivity index is 1.41. The van der Waals surface area contributed by atoms with Crippen molar-refractivity contribution in [3.8, 4) is 0 Å². The highest BCUT2D eigenvalue weighted by molar-refractivity contribution is 5.79. The van der Waals surface area contributed by atoms with E-state index < -0.39 is 11.3 Å². The molecule has 0 aromatic rings. The Kier molecular flexibility index (Phi) is 3.26. The monoisotopic (exact) mass is 348 g/mol. The van der Waals surface area contributed by atoms with Crippen LogP contribution in [0, 0.1) is 46.8 Å². The quantitative estimate of drug-likeness (QED) is 0.755. The lowest BCUT2D eigenvalue weighted by Gasteiger charge is -2.55. The van der Waals surface area contributed by atoms with Gasteiger partial charge < -0.3 is 5.11 Å². The normalized spacial score (nSPS) is 62.4. The molecule has 1 N–H and O–H groups in total. The van der Waals surface area contributed by atoms with Gasteiger partial charge in [0.15, 0.2) is 0 Å². The molecule has 2 nitrogen and oxygen atoms in total. The van der Waals surface area contributed by atoms with Crippen molar-refractivity contribution >= 4 is 5.78 Å². The van der Waals surface area contributed by atoms with E-state index in [-0.39, 0.29) is 17.3 Å². The SMILES string of the molecule is CC(=O)C1CCC2C3CCC4C(CCC5(O)C4C5(C)F)C3CCC12C. The van der Waals surface area contributed by atoms with Gasteiger partial charge in [0.25, 0.3) is 0 Å². The van der Waals surface area contributed by atoms with Crippen LogP contribution in [0.1, 0.15) is 72.1 Å². The van der Waals surface area contributed by atoms with Gasteiger partial charge in [-0.15, -0.1) is 0 Å². The zero-order valence-electron chi connectivity index (χ0n) is 15.9. The second kappa shape index (κ2) is 4.88. The van der Waals surface area contributed by atoms with E-state index in [4.69, 9.17) is 0 Å². The molecule has 0 aromatic heterocycles. The summed E-state index contributed by atoms with van der Waals surface area (Å²) in [5.74, 6) is 3.70. The number of hydrogen-bond acceptors (Lipinski definition) is 2. The first-order chi connectivity index (χ1) is 11.7. The predicted octanol–water partition coefficient (Wildman–Crippen LogP) is 4.54. The number of aliphatic hydroxyl groups is 1. The maximum absolute atomic E-state index is 14.9. The van der Waals surface area contributed by atoms with E-state index in [9.17, 15) is 14.3 Å². The lowest BCUT2D eigenvalue weighted by atomic mass is 9.49. The third-order valence-corrected chi connectivity index (χ3v) is 10.1. The van der Waals surface area contributed by atoms with Crippen molar-refractivity contribution in [3.63, 3.8) is 0 Å². The number of carbonyl (C=O) groups is 1. The fraction of sp³-hybridized carbons (Fsp3) is 0.955. The number of ketones is 1. The van der Waals surface area contributed by atoms with Gasteiger partial charge in [-0.25, -0.2) is 4.39 Å². The molecule has 5 aliphatic carbocycles. The molecule has 0 aromatic carbocycles. The zero-order chi connectivity index (χ0) is 17.8. The molecule has 0 bridgehead atoms. The number of Topliss-reactive ketones (excluding diaryl/α,β-unsaturated/α-hetero) is 1. The molecule has 0 amide bonds. The lowest BCUT2D eigenvalue weighted by molar-refractivity contribution is -0.128. The molecule has 0 radical (unpaired) electrons. The fourth-order valence-corrected chi connectivity index (χ4v) is 8.90. The van der Waals surface area contributed by atoms with E-state index in [0.29, 0.717) is 35.9 Å². The number of hydrogen-bond donors (Lipinski definition) is 1. The maximum Gasteiger partial charge on any atom is 0.143 e. The number of halogens is 1. The van der Waals surface area contributed by atoms with E-state index in [1.807, 2.05) is 0 Å². The first kappa shape index (κ1) is 16.7. The van der Waals surface area contributed by atoms with Crippen molar-refractivity contribution in [1.29, 1.82) is 0 Å². The molecular formula is C22H33FO2. The van der Waals surface area contributed by atoms with Crippen LogP contribution in [0.25, 0.3) is 0 Å². The van der Waals surface area contributed by atoms with Gasteiger partial charge in [0.1, 0.15) is 17.1 Å². The first-order valence-corrected chi connectivity index (χ1v) is 10.6. The van der Waals surface area contributed by atoms with Crippen LogP contribution in [-0.2, 0) is 4.79 Å². The van der Waals surface area contributed by atoms with Crippen LogP contribution in [0.4, 0.5) is 4.39 Å². The minimum Gasteiger partial charge on any atom is -0.386 e. The third-order valence-electron chi connectivity index (χ3n) is 10.1. The summed E-state index contributed by atoms with van der Waals surface area (Å²) in [7, 11) is 0. The van der Waals surface area contributed by atoms with Crippen molar-refractivity contribution in [1.82, 2.24) is 0 Å². The molecule has 5 fully saturated rings. The predicted molar refractivity (Wildman–Crippen MR) is 94.6 cm³/mol. The van der Waals surface area contributed by atoms with Crippen molar-refractivity contribution in [2.45, 2.75) is 83.4 Å². The average Bonchev–Trinajstić information content (AvgIpc) is 2.85. The minimum atomic E-state index is -1.35. The van der Waals surface area contributed by atoms with Gasteiger partial charge in [0.2, 0.25) is 0 Å². The summed E-state index contributed by atoms with van der Waals surface area (Å²) < 4.78 is 14.9. The lowest BCUT2D eigenvalue weighted by Crippen LogP contribution is -2.50. The highest BCUT2D eigenvalue weighted by Gasteiger charge is 2.79. The van der Waals surface area contributed by atoms with Crippen LogP contribution in [0.2, 0.25) is 0 Å². The summed E-state index contributed by atoms with van der Waals surface area (Å²) in [5, 5.41) is 10.7. The minimum absolute atomic E-state index is 0.110. The molecule has 0 aliphatic heterocycles. The molecule has 5 aliphatic rings. The summed E-state index contributed by atoms with van der Waals surface area (Å²) >= 11 is 0. The fourth-order valence-electron chi connectivity index (χ4n) is 8.90. The number of alkyl halides is 1. The van der Waals surface area contributed by atoms with E-state index >= 15 is 0 Å². The van der Waals surface area contributed by atoms with Crippen LogP contribution >= 0.6 is 0 Å². The Hall–Kier alpha value is -0.440. The Bertz CT molecular complexity index is 615. The molecule has 25 heavy (non-hydrogen) atoms. The molecule has 10 atom stereocenters. The standard InChI is InChI=1S/C22H33FO2/c1-12(24)17-6-7-18-15-4-5-16-14(13(15)8-10-20(17,18)2)9-11-22(25)19(16)21(22,3)23/h13-19,25H,4-11H2,1-3H3. The highest BCUT2D eigenvalue weighted by atomic mass is 19.1. The Morgan fingerprint density at radius 1 is 0.920 bits per heavy atom. The summed E-state index contributed by atoms with van der Waals surface area (Å²) in [5.41, 5.74) is -2.16. The van der Waals surface area contributed by atoms with Gasteiger partial charge in [0.05, 0.1) is 0 Å². The number of rotatable bonds is 1. The Labute approximate surface area is 150 Å². The van der Waals surface area contributed by atoms with Crippen molar-refractivity contribution in [2.75, 3.05) is 0 Å². The van der Waals surface area contributed by atoms with Crippen molar-refractivity contribution in [2.24, 2.45) is 46.8 Å². The molecule has 5 saturated carbocycles. The molecule has 3 heteroatoms. The number of fused-ring (bicyclic) bond motifs is 7. The Morgan fingerprint density at radius 3 is 2.28 bits per heavy atom. The second-order valence-electron chi connectivity index (χ2n) is 10.6. The maximum atomic E-state index is 14.9. The Morgan fingerprint density at radius 2 is 1.56 bits per heavy atom. The van der Waals surface area contributed by atoms with E-state index in [0.717, 1.165) is 25.2 Å².